The second kappa shape index (κ2) is 12.3. The van der Waals surface area contributed by atoms with E-state index < -0.39 is 0 Å². The lowest BCUT2D eigenvalue weighted by Crippen LogP contribution is -2.36. The van der Waals surface area contributed by atoms with Gasteiger partial charge in [-0.15, -0.1) is 0 Å². The molecule has 1 fully saturated rings. The number of morpholine rings is 1. The Morgan fingerprint density at radius 1 is 0.868 bits per heavy atom. The van der Waals surface area contributed by atoms with E-state index in [0.717, 1.165) is 78.0 Å². The number of halogens is 1. The Hall–Kier alpha value is -3.64. The maximum atomic E-state index is 13.1. The van der Waals surface area contributed by atoms with Gasteiger partial charge in [-0.1, -0.05) is 54.1 Å². The second-order valence-electron chi connectivity index (χ2n) is 9.56. The number of nitrogens with zero attached hydrogens (tertiary/aromatic N) is 1. The summed E-state index contributed by atoms with van der Waals surface area (Å²) in [5.41, 5.74) is 8.19. The number of carbonyl (C=O) groups is 1. The van der Waals surface area contributed by atoms with Gasteiger partial charge >= 0.3 is 0 Å². The highest BCUT2D eigenvalue weighted by Crippen LogP contribution is 2.26. The number of aryl methyl sites for hydroxylation is 1. The van der Waals surface area contributed by atoms with Gasteiger partial charge in [0.15, 0.2) is 0 Å². The quantitative estimate of drug-likeness (QED) is 0.269. The zero-order valence-electron chi connectivity index (χ0n) is 21.5. The van der Waals surface area contributed by atoms with Crippen LogP contribution in [0.5, 0.6) is 0 Å². The van der Waals surface area contributed by atoms with Crippen molar-refractivity contribution in [3.8, 4) is 11.1 Å². The van der Waals surface area contributed by atoms with Gasteiger partial charge in [0.1, 0.15) is 0 Å². The van der Waals surface area contributed by atoms with Crippen LogP contribution in [-0.4, -0.2) is 32.2 Å². The highest BCUT2D eigenvalue weighted by Gasteiger charge is 2.13. The predicted molar refractivity (Wildman–Crippen MR) is 156 cm³/mol. The van der Waals surface area contributed by atoms with Crippen LogP contribution in [0.25, 0.3) is 11.1 Å². The van der Waals surface area contributed by atoms with Gasteiger partial charge in [0.05, 0.1) is 13.2 Å². The van der Waals surface area contributed by atoms with Crippen molar-refractivity contribution in [3.05, 3.63) is 118 Å². The molecule has 0 radical (unpaired) electrons. The van der Waals surface area contributed by atoms with E-state index in [1.807, 2.05) is 60.7 Å². The van der Waals surface area contributed by atoms with Crippen molar-refractivity contribution < 1.29 is 9.53 Å². The van der Waals surface area contributed by atoms with Gasteiger partial charge in [-0.25, -0.2) is 0 Å². The van der Waals surface area contributed by atoms with Gasteiger partial charge in [-0.2, -0.15) is 0 Å². The van der Waals surface area contributed by atoms with Crippen LogP contribution >= 0.6 is 11.6 Å². The number of ether oxygens (including phenoxy) is 1. The zero-order valence-corrected chi connectivity index (χ0v) is 22.3. The van der Waals surface area contributed by atoms with Gasteiger partial charge in [-0.3, -0.25) is 4.79 Å². The minimum Gasteiger partial charge on any atom is -0.378 e. The van der Waals surface area contributed by atoms with Crippen LogP contribution < -0.4 is 15.5 Å². The molecule has 0 atom stereocenters. The number of benzene rings is 4. The first-order valence-corrected chi connectivity index (χ1v) is 13.3. The van der Waals surface area contributed by atoms with Crippen LogP contribution in [-0.2, 0) is 17.8 Å². The largest absolute Gasteiger partial charge is 0.378 e. The van der Waals surface area contributed by atoms with E-state index in [1.54, 1.807) is 0 Å². The summed E-state index contributed by atoms with van der Waals surface area (Å²) in [5, 5.41) is 7.25. The molecule has 1 aliphatic heterocycles. The molecule has 5 rings (SSSR count). The standard InChI is InChI=1S/C32H32ClN3O2/c1-23-5-8-27(32(37)35-29-11-13-30(14-12-29)36-15-17-38-18-16-36)20-31(23)26-9-6-24(7-10-26)21-34-22-25-3-2-4-28(33)19-25/h2-14,19-20,34H,15-18,21-22H2,1H3,(H,35,37). The van der Waals surface area contributed by atoms with Crippen molar-refractivity contribution in [2.75, 3.05) is 36.5 Å². The van der Waals surface area contributed by atoms with Crippen LogP contribution in [0.3, 0.4) is 0 Å². The summed E-state index contributed by atoms with van der Waals surface area (Å²) in [7, 11) is 0. The van der Waals surface area contributed by atoms with E-state index in [2.05, 4.69) is 52.8 Å². The van der Waals surface area contributed by atoms with E-state index in [1.165, 1.54) is 5.56 Å². The lowest BCUT2D eigenvalue weighted by Gasteiger charge is -2.28. The molecule has 2 N–H and O–H groups in total. The first kappa shape index (κ1) is 26.0. The van der Waals surface area contributed by atoms with Gasteiger partial charge in [0, 0.05) is 48.1 Å². The average molecular weight is 526 g/mol. The number of amides is 1. The Morgan fingerprint density at radius 3 is 2.34 bits per heavy atom. The maximum absolute atomic E-state index is 13.1. The third-order valence-corrected chi connectivity index (χ3v) is 7.05. The SMILES string of the molecule is Cc1ccc(C(=O)Nc2ccc(N3CCOCC3)cc2)cc1-c1ccc(CNCc2cccc(Cl)c2)cc1. The molecule has 1 saturated heterocycles. The Labute approximate surface area is 229 Å². The Morgan fingerprint density at radius 2 is 1.61 bits per heavy atom. The molecule has 38 heavy (non-hydrogen) atoms. The molecule has 4 aromatic rings. The van der Waals surface area contributed by atoms with E-state index in [9.17, 15) is 4.79 Å². The summed E-state index contributed by atoms with van der Waals surface area (Å²) in [5.74, 6) is -0.118. The molecule has 6 heteroatoms. The van der Waals surface area contributed by atoms with Gasteiger partial charge in [0.25, 0.3) is 5.91 Å². The first-order valence-electron chi connectivity index (χ1n) is 12.9. The first-order chi connectivity index (χ1) is 18.5. The van der Waals surface area contributed by atoms with E-state index in [4.69, 9.17) is 16.3 Å². The fourth-order valence-electron chi connectivity index (χ4n) is 4.65. The normalized spacial score (nSPS) is 13.4. The fraction of sp³-hybridized carbons (Fsp3) is 0.219. The number of hydrogen-bond donors (Lipinski definition) is 2. The van der Waals surface area contributed by atoms with Crippen molar-refractivity contribution >= 4 is 28.9 Å². The molecular weight excluding hydrogens is 494 g/mol. The molecule has 0 aromatic heterocycles. The summed E-state index contributed by atoms with van der Waals surface area (Å²) in [6, 6.07) is 30.2. The third kappa shape index (κ3) is 6.62. The Balaban J connectivity index is 1.21. The highest BCUT2D eigenvalue weighted by molar-refractivity contribution is 6.30. The zero-order chi connectivity index (χ0) is 26.3. The van der Waals surface area contributed by atoms with Crippen molar-refractivity contribution in [1.82, 2.24) is 5.32 Å². The van der Waals surface area contributed by atoms with Crippen LogP contribution in [0.4, 0.5) is 11.4 Å². The molecule has 194 valence electrons. The van der Waals surface area contributed by atoms with Gasteiger partial charge in [-0.05, 0) is 83.3 Å². The highest BCUT2D eigenvalue weighted by atomic mass is 35.5. The monoisotopic (exact) mass is 525 g/mol. The van der Waals surface area contributed by atoms with Crippen molar-refractivity contribution in [1.29, 1.82) is 0 Å². The number of nitrogens with one attached hydrogen (secondary N) is 2. The molecule has 1 heterocycles. The molecule has 0 unspecified atom stereocenters. The maximum Gasteiger partial charge on any atom is 0.255 e. The Bertz CT molecular complexity index is 1380. The van der Waals surface area contributed by atoms with Crippen LogP contribution in [0, 0.1) is 6.92 Å². The summed E-state index contributed by atoms with van der Waals surface area (Å²) in [4.78, 5) is 15.3. The molecule has 0 saturated carbocycles. The van der Waals surface area contributed by atoms with E-state index in [-0.39, 0.29) is 5.91 Å². The topological polar surface area (TPSA) is 53.6 Å². The van der Waals surface area contributed by atoms with E-state index in [0.29, 0.717) is 5.56 Å². The lowest BCUT2D eigenvalue weighted by molar-refractivity contribution is 0.102. The molecule has 1 aliphatic rings. The van der Waals surface area contributed by atoms with Crippen molar-refractivity contribution in [2.24, 2.45) is 0 Å². The summed E-state index contributed by atoms with van der Waals surface area (Å²) in [6.45, 7) is 6.86. The molecule has 1 amide bonds. The molecule has 0 spiro atoms. The third-order valence-electron chi connectivity index (χ3n) is 6.81. The van der Waals surface area contributed by atoms with Crippen LogP contribution in [0.1, 0.15) is 27.0 Å². The molecule has 4 aromatic carbocycles. The number of anilines is 2. The van der Waals surface area contributed by atoms with Gasteiger partial charge in [0.2, 0.25) is 0 Å². The second-order valence-corrected chi connectivity index (χ2v) is 10.00. The molecule has 0 aliphatic carbocycles. The van der Waals surface area contributed by atoms with Crippen molar-refractivity contribution in [2.45, 2.75) is 20.0 Å². The van der Waals surface area contributed by atoms with Crippen LogP contribution in [0.15, 0.2) is 91.0 Å². The minimum atomic E-state index is -0.118. The minimum absolute atomic E-state index is 0.118. The van der Waals surface area contributed by atoms with Crippen LogP contribution in [0.2, 0.25) is 5.02 Å². The fourth-order valence-corrected chi connectivity index (χ4v) is 4.87. The summed E-state index contributed by atoms with van der Waals surface area (Å²) in [6.07, 6.45) is 0. The smallest absolute Gasteiger partial charge is 0.255 e. The average Bonchev–Trinajstić information content (AvgIpc) is 2.95. The Kier molecular flexibility index (Phi) is 8.39. The number of hydrogen-bond acceptors (Lipinski definition) is 4. The number of carbonyl (C=O) groups excluding carboxylic acids is 1. The summed E-state index contributed by atoms with van der Waals surface area (Å²) < 4.78 is 5.43. The molecule has 5 nitrogen and oxygen atoms in total. The molecular formula is C32H32ClN3O2. The van der Waals surface area contributed by atoms with Gasteiger partial charge < -0.3 is 20.3 Å². The van der Waals surface area contributed by atoms with E-state index >= 15 is 0 Å². The summed E-state index contributed by atoms with van der Waals surface area (Å²) >= 11 is 6.07. The predicted octanol–water partition coefficient (Wildman–Crippen LogP) is 6.69. The molecule has 0 bridgehead atoms. The van der Waals surface area contributed by atoms with Crippen molar-refractivity contribution in [3.63, 3.8) is 0 Å². The number of rotatable bonds is 8. The lowest BCUT2D eigenvalue weighted by atomic mass is 9.97.